The van der Waals surface area contributed by atoms with Crippen LogP contribution in [0.5, 0.6) is 5.75 Å². The Labute approximate surface area is 179 Å². The fraction of sp³-hybridized carbons (Fsp3) is 0.250. The van der Waals surface area contributed by atoms with Crippen molar-refractivity contribution in [3.8, 4) is 5.75 Å². The van der Waals surface area contributed by atoms with Crippen LogP contribution in [0.2, 0.25) is 0 Å². The van der Waals surface area contributed by atoms with Gasteiger partial charge in [0.15, 0.2) is 0 Å². The number of benzene rings is 2. The molecule has 0 fully saturated rings. The van der Waals surface area contributed by atoms with Gasteiger partial charge in [-0.15, -0.1) is 11.3 Å². The lowest BCUT2D eigenvalue weighted by molar-refractivity contribution is 0.102. The minimum absolute atomic E-state index is 0.183. The molecule has 1 atom stereocenters. The van der Waals surface area contributed by atoms with Crippen molar-refractivity contribution in [1.82, 2.24) is 0 Å². The van der Waals surface area contributed by atoms with Gasteiger partial charge in [0.25, 0.3) is 5.91 Å². The Morgan fingerprint density at radius 2 is 2.00 bits per heavy atom. The highest BCUT2D eigenvalue weighted by molar-refractivity contribution is 7.16. The first-order valence-electron chi connectivity index (χ1n) is 9.93. The maximum Gasteiger partial charge on any atom is 0.259 e. The van der Waals surface area contributed by atoms with Gasteiger partial charge in [0, 0.05) is 11.1 Å². The predicted molar refractivity (Wildman–Crippen MR) is 120 cm³/mol. The molecule has 154 valence electrons. The summed E-state index contributed by atoms with van der Waals surface area (Å²) in [5, 5.41) is 3.68. The van der Waals surface area contributed by atoms with Crippen molar-refractivity contribution in [2.45, 2.75) is 26.2 Å². The van der Waals surface area contributed by atoms with Crippen molar-refractivity contribution in [2.24, 2.45) is 10.9 Å². The van der Waals surface area contributed by atoms with Crippen LogP contribution in [0.15, 0.2) is 53.5 Å². The summed E-state index contributed by atoms with van der Waals surface area (Å²) in [6, 6.07) is 13.5. The van der Waals surface area contributed by atoms with Crippen LogP contribution in [0, 0.1) is 11.7 Å². The zero-order valence-corrected chi connectivity index (χ0v) is 17.8. The van der Waals surface area contributed by atoms with E-state index in [0.717, 1.165) is 30.4 Å². The Morgan fingerprint density at radius 1 is 1.23 bits per heavy atom. The summed E-state index contributed by atoms with van der Waals surface area (Å²) in [6.45, 7) is 2.23. The molecule has 1 aliphatic rings. The molecule has 4 rings (SSSR count). The van der Waals surface area contributed by atoms with Crippen molar-refractivity contribution >= 4 is 34.1 Å². The van der Waals surface area contributed by atoms with Crippen LogP contribution < -0.4 is 10.1 Å². The second-order valence-electron chi connectivity index (χ2n) is 7.50. The summed E-state index contributed by atoms with van der Waals surface area (Å²) >= 11 is 1.57. The van der Waals surface area contributed by atoms with Gasteiger partial charge in [0.05, 0.1) is 18.4 Å². The van der Waals surface area contributed by atoms with Gasteiger partial charge in [0.1, 0.15) is 16.6 Å². The number of rotatable bonds is 5. The lowest BCUT2D eigenvalue weighted by atomic mass is 9.88. The summed E-state index contributed by atoms with van der Waals surface area (Å²) in [4.78, 5) is 19.1. The number of ether oxygens (including phenoxy) is 1. The lowest BCUT2D eigenvalue weighted by Gasteiger charge is -2.18. The zero-order valence-electron chi connectivity index (χ0n) is 16.9. The number of aliphatic imine (C=N–C) groups is 1. The molecule has 1 N–H and O–H groups in total. The fourth-order valence-corrected chi connectivity index (χ4v) is 5.03. The predicted octanol–water partition coefficient (Wildman–Crippen LogP) is 6.02. The maximum absolute atomic E-state index is 13.3. The molecule has 2 aromatic carbocycles. The number of para-hydroxylation sites is 2. The van der Waals surface area contributed by atoms with Crippen LogP contribution in [0.4, 0.5) is 15.1 Å². The van der Waals surface area contributed by atoms with Crippen LogP contribution in [-0.2, 0) is 12.8 Å². The number of amides is 1. The van der Waals surface area contributed by atoms with Gasteiger partial charge < -0.3 is 10.1 Å². The third-order valence-corrected chi connectivity index (χ3v) is 6.44. The molecular weight excluding hydrogens is 399 g/mol. The second-order valence-corrected chi connectivity index (χ2v) is 8.58. The molecule has 0 saturated carbocycles. The van der Waals surface area contributed by atoms with Gasteiger partial charge in [-0.25, -0.2) is 9.38 Å². The van der Waals surface area contributed by atoms with Crippen molar-refractivity contribution in [1.29, 1.82) is 0 Å². The third kappa shape index (κ3) is 4.28. The molecule has 0 aliphatic heterocycles. The summed E-state index contributed by atoms with van der Waals surface area (Å²) in [5.74, 6) is 0.734. The van der Waals surface area contributed by atoms with Crippen LogP contribution in [0.25, 0.3) is 0 Å². The highest BCUT2D eigenvalue weighted by atomic mass is 32.1. The van der Waals surface area contributed by atoms with E-state index < -0.39 is 0 Å². The highest BCUT2D eigenvalue weighted by Crippen LogP contribution is 2.41. The number of carbonyl (C=O) groups excluding carboxylic acids is 1. The van der Waals surface area contributed by atoms with Crippen molar-refractivity contribution in [2.75, 3.05) is 12.4 Å². The fourth-order valence-electron chi connectivity index (χ4n) is 3.68. The first kappa shape index (κ1) is 20.3. The van der Waals surface area contributed by atoms with E-state index in [0.29, 0.717) is 27.9 Å². The van der Waals surface area contributed by atoms with Crippen LogP contribution in [0.1, 0.15) is 39.7 Å². The quantitative estimate of drug-likeness (QED) is 0.511. The number of anilines is 1. The Bertz CT molecular complexity index is 1090. The number of methoxy groups -OCH3 is 1. The standard InChI is InChI=1S/C24H23FN2O2S/c1-15-7-12-18-21(13-15)30-24(26-14-16-8-10-17(25)11-9-16)22(18)23(28)27-19-5-3-4-6-20(19)29-2/h3-6,8-11,14-15H,7,12-13H2,1-2H3,(H,27,28). The van der Waals surface area contributed by atoms with E-state index in [4.69, 9.17) is 4.74 Å². The molecule has 3 aromatic rings. The normalized spacial score (nSPS) is 15.8. The molecule has 1 aliphatic carbocycles. The molecule has 0 bridgehead atoms. The van der Waals surface area contributed by atoms with Crippen LogP contribution >= 0.6 is 11.3 Å². The largest absolute Gasteiger partial charge is 0.495 e. The van der Waals surface area contributed by atoms with Crippen LogP contribution in [-0.4, -0.2) is 19.2 Å². The average Bonchev–Trinajstić information content (AvgIpc) is 3.11. The molecule has 0 radical (unpaired) electrons. The number of thiophene rings is 1. The minimum atomic E-state index is -0.287. The number of carbonyl (C=O) groups is 1. The van der Waals surface area contributed by atoms with E-state index in [2.05, 4.69) is 17.2 Å². The van der Waals surface area contributed by atoms with E-state index in [1.807, 2.05) is 24.3 Å². The Kier molecular flexibility index (Phi) is 5.95. The number of hydrogen-bond donors (Lipinski definition) is 1. The van der Waals surface area contributed by atoms with Gasteiger partial charge in [-0.05, 0) is 60.6 Å². The molecule has 6 heteroatoms. The lowest BCUT2D eigenvalue weighted by Crippen LogP contribution is -2.17. The Morgan fingerprint density at radius 3 is 2.77 bits per heavy atom. The van der Waals surface area contributed by atoms with Crippen LogP contribution in [0.3, 0.4) is 0 Å². The van der Waals surface area contributed by atoms with E-state index in [9.17, 15) is 9.18 Å². The number of hydrogen-bond acceptors (Lipinski definition) is 4. The van der Waals surface area contributed by atoms with Gasteiger partial charge >= 0.3 is 0 Å². The van der Waals surface area contributed by atoms with E-state index in [1.165, 1.54) is 17.0 Å². The molecule has 1 aromatic heterocycles. The molecule has 0 spiro atoms. The number of halogens is 1. The van der Waals surface area contributed by atoms with E-state index in [-0.39, 0.29) is 11.7 Å². The van der Waals surface area contributed by atoms with Gasteiger partial charge in [0.2, 0.25) is 0 Å². The summed E-state index contributed by atoms with van der Waals surface area (Å²) in [6.07, 6.45) is 4.56. The molecular formula is C24H23FN2O2S. The summed E-state index contributed by atoms with van der Waals surface area (Å²) in [5.41, 5.74) is 3.14. The minimum Gasteiger partial charge on any atom is -0.495 e. The van der Waals surface area contributed by atoms with Crippen molar-refractivity contribution in [3.63, 3.8) is 0 Å². The van der Waals surface area contributed by atoms with Gasteiger partial charge in [-0.1, -0.05) is 31.2 Å². The maximum atomic E-state index is 13.3. The number of fused-ring (bicyclic) bond motifs is 1. The molecule has 0 saturated heterocycles. The Balaban J connectivity index is 1.70. The SMILES string of the molecule is COc1ccccc1NC(=O)c1c(N=Cc2ccc(F)cc2)sc2c1CCC(C)C2. The topological polar surface area (TPSA) is 50.7 Å². The highest BCUT2D eigenvalue weighted by Gasteiger charge is 2.27. The molecule has 1 unspecified atom stereocenters. The van der Waals surface area contributed by atoms with Crippen molar-refractivity contribution < 1.29 is 13.9 Å². The average molecular weight is 423 g/mol. The number of nitrogens with zero attached hydrogens (tertiary/aromatic N) is 1. The molecule has 1 heterocycles. The van der Waals surface area contributed by atoms with Gasteiger partial charge in [-0.2, -0.15) is 0 Å². The van der Waals surface area contributed by atoms with Gasteiger partial charge in [-0.3, -0.25) is 4.79 Å². The smallest absolute Gasteiger partial charge is 0.259 e. The summed E-state index contributed by atoms with van der Waals surface area (Å²) in [7, 11) is 1.58. The first-order chi connectivity index (χ1) is 14.5. The first-order valence-corrected chi connectivity index (χ1v) is 10.8. The number of nitrogens with one attached hydrogen (secondary N) is 1. The second kappa shape index (κ2) is 8.79. The molecule has 30 heavy (non-hydrogen) atoms. The zero-order chi connectivity index (χ0) is 21.1. The van der Waals surface area contributed by atoms with Crippen molar-refractivity contribution in [3.05, 3.63) is 75.9 Å². The molecule has 1 amide bonds. The summed E-state index contributed by atoms with van der Waals surface area (Å²) < 4.78 is 18.5. The Hall–Kier alpha value is -2.99. The van der Waals surface area contributed by atoms with E-state index in [1.54, 1.807) is 36.8 Å². The third-order valence-electron chi connectivity index (χ3n) is 5.28. The molecule has 4 nitrogen and oxygen atoms in total. The monoisotopic (exact) mass is 422 g/mol. The van der Waals surface area contributed by atoms with E-state index >= 15 is 0 Å².